The summed E-state index contributed by atoms with van der Waals surface area (Å²) in [5, 5.41) is 1.14. The van der Waals surface area contributed by atoms with Crippen LogP contribution >= 0.6 is 15.9 Å². The molecule has 0 spiro atoms. The third-order valence-electron chi connectivity index (χ3n) is 2.07. The molecule has 0 atom stereocenters. The molecule has 0 amide bonds. The van der Waals surface area contributed by atoms with Crippen molar-refractivity contribution in [3.05, 3.63) is 30.1 Å². The van der Waals surface area contributed by atoms with Crippen molar-refractivity contribution in [1.82, 2.24) is 4.98 Å². The Balaban J connectivity index is 2.07. The van der Waals surface area contributed by atoms with E-state index < -0.39 is 0 Å². The van der Waals surface area contributed by atoms with Gasteiger partial charge in [-0.1, -0.05) is 34.8 Å². The normalized spacial score (nSPS) is 10.2. The number of alkyl halides is 1. The molecule has 1 heterocycles. The van der Waals surface area contributed by atoms with Gasteiger partial charge >= 0.3 is 0 Å². The maximum Gasteiger partial charge on any atom is 0.0299 e. The maximum atomic E-state index is 4.09. The van der Waals surface area contributed by atoms with Gasteiger partial charge in [0.15, 0.2) is 0 Å². The lowest BCUT2D eigenvalue weighted by molar-refractivity contribution is 0.671. The number of pyridine rings is 1. The highest BCUT2D eigenvalue weighted by molar-refractivity contribution is 9.09. The molecule has 0 unspecified atom stereocenters. The van der Waals surface area contributed by atoms with Crippen LogP contribution in [-0.4, -0.2) is 10.3 Å². The fraction of sp³-hybridized carbons (Fsp3) is 0.545. The van der Waals surface area contributed by atoms with E-state index in [1.165, 1.54) is 37.7 Å². The number of hydrogen-bond donors (Lipinski definition) is 0. The van der Waals surface area contributed by atoms with Crippen molar-refractivity contribution < 1.29 is 0 Å². The Morgan fingerprint density at radius 1 is 1.15 bits per heavy atom. The van der Waals surface area contributed by atoms with Gasteiger partial charge in [-0.3, -0.25) is 4.98 Å². The van der Waals surface area contributed by atoms with Crippen LogP contribution in [0.4, 0.5) is 0 Å². The first-order valence-corrected chi connectivity index (χ1v) is 6.00. The number of halogens is 1. The topological polar surface area (TPSA) is 12.9 Å². The summed E-state index contributed by atoms with van der Waals surface area (Å²) in [7, 11) is 0. The highest BCUT2D eigenvalue weighted by Crippen LogP contribution is 2.07. The summed E-state index contributed by atoms with van der Waals surface area (Å²) in [6.45, 7) is 0. The molecule has 0 aliphatic heterocycles. The van der Waals surface area contributed by atoms with Crippen molar-refractivity contribution >= 4 is 15.9 Å². The smallest absolute Gasteiger partial charge is 0.0299 e. The third kappa shape index (κ3) is 5.04. The van der Waals surface area contributed by atoms with Crippen LogP contribution in [0.5, 0.6) is 0 Å². The van der Waals surface area contributed by atoms with Crippen molar-refractivity contribution in [2.24, 2.45) is 0 Å². The summed E-state index contributed by atoms with van der Waals surface area (Å²) in [4.78, 5) is 4.09. The third-order valence-corrected chi connectivity index (χ3v) is 2.63. The highest BCUT2D eigenvalue weighted by atomic mass is 79.9. The molecule has 0 aromatic carbocycles. The maximum absolute atomic E-state index is 4.09. The molecular weight excluding hydrogens is 226 g/mol. The van der Waals surface area contributed by atoms with E-state index in [9.17, 15) is 0 Å². The zero-order chi connectivity index (χ0) is 9.36. The first kappa shape index (κ1) is 10.7. The van der Waals surface area contributed by atoms with Gasteiger partial charge in [-0.25, -0.2) is 0 Å². The van der Waals surface area contributed by atoms with Crippen molar-refractivity contribution in [2.75, 3.05) is 5.33 Å². The molecule has 0 N–H and O–H groups in total. The van der Waals surface area contributed by atoms with Crippen molar-refractivity contribution in [1.29, 1.82) is 0 Å². The Kier molecular flexibility index (Phi) is 5.83. The molecule has 2 heteroatoms. The monoisotopic (exact) mass is 241 g/mol. The molecule has 0 aliphatic rings. The predicted molar refractivity (Wildman–Crippen MR) is 60.2 cm³/mol. The molecule has 1 rings (SSSR count). The SMILES string of the molecule is BrCCCCCCc1cccnc1. The van der Waals surface area contributed by atoms with E-state index in [4.69, 9.17) is 0 Å². The van der Waals surface area contributed by atoms with Gasteiger partial charge in [-0.2, -0.15) is 0 Å². The molecule has 1 nitrogen and oxygen atoms in total. The molecule has 13 heavy (non-hydrogen) atoms. The summed E-state index contributed by atoms with van der Waals surface area (Å²) >= 11 is 3.44. The average Bonchev–Trinajstić information content (AvgIpc) is 2.19. The molecule has 1 aromatic heterocycles. The van der Waals surface area contributed by atoms with Crippen molar-refractivity contribution in [2.45, 2.75) is 32.1 Å². The van der Waals surface area contributed by atoms with E-state index >= 15 is 0 Å². The minimum atomic E-state index is 1.14. The lowest BCUT2D eigenvalue weighted by atomic mass is 10.1. The van der Waals surface area contributed by atoms with Gasteiger partial charge in [0.05, 0.1) is 0 Å². The number of aromatic nitrogens is 1. The van der Waals surface area contributed by atoms with Gasteiger partial charge in [0.2, 0.25) is 0 Å². The molecule has 0 saturated heterocycles. The van der Waals surface area contributed by atoms with E-state index in [-0.39, 0.29) is 0 Å². The van der Waals surface area contributed by atoms with Crippen LogP contribution in [0.3, 0.4) is 0 Å². The van der Waals surface area contributed by atoms with Gasteiger partial charge in [0.1, 0.15) is 0 Å². The zero-order valence-electron chi connectivity index (χ0n) is 7.88. The van der Waals surface area contributed by atoms with Crippen LogP contribution < -0.4 is 0 Å². The quantitative estimate of drug-likeness (QED) is 0.548. The minimum absolute atomic E-state index is 1.14. The van der Waals surface area contributed by atoms with Crippen LogP contribution in [0.25, 0.3) is 0 Å². The number of rotatable bonds is 6. The molecule has 0 saturated carbocycles. The largest absolute Gasteiger partial charge is 0.264 e. The first-order valence-electron chi connectivity index (χ1n) is 4.88. The van der Waals surface area contributed by atoms with Gasteiger partial charge in [0, 0.05) is 17.7 Å². The van der Waals surface area contributed by atoms with Crippen LogP contribution in [-0.2, 0) is 6.42 Å². The summed E-state index contributed by atoms with van der Waals surface area (Å²) in [6.07, 6.45) is 10.2. The lowest BCUT2D eigenvalue weighted by Gasteiger charge is -1.99. The Morgan fingerprint density at radius 2 is 2.00 bits per heavy atom. The lowest BCUT2D eigenvalue weighted by Crippen LogP contribution is -1.86. The standard InChI is InChI=1S/C11H16BrN/c12-8-4-2-1-3-6-11-7-5-9-13-10-11/h5,7,9-10H,1-4,6,8H2. The van der Waals surface area contributed by atoms with Crippen LogP contribution in [0.15, 0.2) is 24.5 Å². The number of unbranched alkanes of at least 4 members (excludes halogenated alkanes) is 3. The fourth-order valence-corrected chi connectivity index (χ4v) is 1.72. The van der Waals surface area contributed by atoms with Crippen LogP contribution in [0.2, 0.25) is 0 Å². The van der Waals surface area contributed by atoms with Crippen molar-refractivity contribution in [3.8, 4) is 0 Å². The number of hydrogen-bond acceptors (Lipinski definition) is 1. The summed E-state index contributed by atoms with van der Waals surface area (Å²) in [5.41, 5.74) is 1.36. The van der Waals surface area contributed by atoms with Gasteiger partial charge < -0.3 is 0 Å². The second-order valence-corrected chi connectivity index (χ2v) is 4.01. The van der Waals surface area contributed by atoms with Gasteiger partial charge in [0.25, 0.3) is 0 Å². The van der Waals surface area contributed by atoms with E-state index in [1.807, 2.05) is 18.5 Å². The number of aryl methyl sites for hydroxylation is 1. The van der Waals surface area contributed by atoms with Crippen LogP contribution in [0.1, 0.15) is 31.2 Å². The summed E-state index contributed by atoms with van der Waals surface area (Å²) in [6, 6.07) is 4.16. The van der Waals surface area contributed by atoms with E-state index in [0.717, 1.165) is 5.33 Å². The average molecular weight is 242 g/mol. The summed E-state index contributed by atoms with van der Waals surface area (Å²) in [5.74, 6) is 0. The van der Waals surface area contributed by atoms with E-state index in [1.54, 1.807) is 0 Å². The molecule has 0 radical (unpaired) electrons. The van der Waals surface area contributed by atoms with Gasteiger partial charge in [-0.05, 0) is 30.9 Å². The highest BCUT2D eigenvalue weighted by Gasteiger charge is 1.92. The Labute approximate surface area is 88.7 Å². The predicted octanol–water partition coefficient (Wildman–Crippen LogP) is 3.58. The Bertz CT molecular complexity index is 211. The molecule has 0 aliphatic carbocycles. The van der Waals surface area contributed by atoms with Gasteiger partial charge in [-0.15, -0.1) is 0 Å². The number of nitrogens with zero attached hydrogens (tertiary/aromatic N) is 1. The molecule has 72 valence electrons. The zero-order valence-corrected chi connectivity index (χ0v) is 9.46. The van der Waals surface area contributed by atoms with E-state index in [2.05, 4.69) is 27.0 Å². The Morgan fingerprint density at radius 3 is 2.69 bits per heavy atom. The minimum Gasteiger partial charge on any atom is -0.264 e. The van der Waals surface area contributed by atoms with Crippen molar-refractivity contribution in [3.63, 3.8) is 0 Å². The fourth-order valence-electron chi connectivity index (χ4n) is 1.32. The first-order chi connectivity index (χ1) is 6.43. The second kappa shape index (κ2) is 7.07. The summed E-state index contributed by atoms with van der Waals surface area (Å²) < 4.78 is 0. The molecule has 1 aromatic rings. The van der Waals surface area contributed by atoms with Crippen LogP contribution in [0, 0.1) is 0 Å². The second-order valence-electron chi connectivity index (χ2n) is 3.21. The Hall–Kier alpha value is -0.370. The van der Waals surface area contributed by atoms with E-state index in [0.29, 0.717) is 0 Å². The molecule has 0 fully saturated rings. The molecular formula is C11H16BrN. The molecule has 0 bridgehead atoms.